The molecule has 0 fully saturated rings. The maximum absolute atomic E-state index is 11.1. The number of methoxy groups -OCH3 is 1. The first kappa shape index (κ1) is 13.4. The minimum absolute atomic E-state index is 0.0693. The molecule has 0 aliphatic heterocycles. The van der Waals surface area contributed by atoms with Crippen LogP contribution in [0, 0.1) is 0 Å². The Morgan fingerprint density at radius 2 is 2.00 bits per heavy atom. The van der Waals surface area contributed by atoms with Crippen LogP contribution < -0.4 is 16.4 Å². The Balaban J connectivity index is 4.01. The summed E-state index contributed by atoms with van der Waals surface area (Å²) in [6.07, 6.45) is 0. The lowest BCUT2D eigenvalue weighted by molar-refractivity contribution is -0.142. The van der Waals surface area contributed by atoms with Crippen LogP contribution in [0.5, 0.6) is 0 Å². The summed E-state index contributed by atoms with van der Waals surface area (Å²) in [5.41, 5.74) is 5.24. The first-order valence-corrected chi connectivity index (χ1v) is 4.33. The number of urea groups is 1. The van der Waals surface area contributed by atoms with E-state index in [2.05, 4.69) is 15.4 Å². The summed E-state index contributed by atoms with van der Waals surface area (Å²) in [7, 11) is 1.19. The van der Waals surface area contributed by atoms with Crippen molar-refractivity contribution >= 4 is 17.8 Å². The van der Waals surface area contributed by atoms with Crippen LogP contribution in [0.3, 0.4) is 0 Å². The highest BCUT2D eigenvalue weighted by molar-refractivity contribution is 5.86. The van der Waals surface area contributed by atoms with Gasteiger partial charge < -0.3 is 21.1 Å². The zero-order valence-corrected chi connectivity index (χ0v) is 8.70. The van der Waals surface area contributed by atoms with Gasteiger partial charge in [0.2, 0.25) is 0 Å². The topological polar surface area (TPSA) is 111 Å². The van der Waals surface area contributed by atoms with Gasteiger partial charge in [-0.25, -0.2) is 9.59 Å². The lowest BCUT2D eigenvalue weighted by atomic mass is 10.3. The Kier molecular flexibility index (Phi) is 6.03. The molecule has 0 saturated heterocycles. The van der Waals surface area contributed by atoms with Gasteiger partial charge in [-0.1, -0.05) is 0 Å². The second-order valence-corrected chi connectivity index (χ2v) is 2.84. The third kappa shape index (κ3) is 5.63. The molecule has 0 heterocycles. The van der Waals surface area contributed by atoms with Crippen LogP contribution in [-0.4, -0.2) is 44.0 Å². The van der Waals surface area contributed by atoms with Gasteiger partial charge in [-0.15, -0.1) is 0 Å². The SMILES string of the molecule is COC(=O)C(CN)NC(=O)NCC(C)=O. The fraction of sp³-hybridized carbons (Fsp3) is 0.625. The predicted octanol–water partition coefficient (Wildman–Crippen LogP) is -1.63. The molecule has 7 heteroatoms. The molecule has 0 aliphatic rings. The number of esters is 1. The van der Waals surface area contributed by atoms with Crippen LogP contribution in [0.25, 0.3) is 0 Å². The van der Waals surface area contributed by atoms with E-state index < -0.39 is 18.0 Å². The van der Waals surface area contributed by atoms with E-state index in [1.165, 1.54) is 14.0 Å². The number of amides is 2. The lowest BCUT2D eigenvalue weighted by Gasteiger charge is -2.14. The molecule has 0 rings (SSSR count). The van der Waals surface area contributed by atoms with Gasteiger partial charge in [0.05, 0.1) is 13.7 Å². The van der Waals surface area contributed by atoms with Crippen molar-refractivity contribution < 1.29 is 19.1 Å². The van der Waals surface area contributed by atoms with Crippen molar-refractivity contribution in [3.8, 4) is 0 Å². The number of Topliss-reactive ketones (excluding diaryl/α,β-unsaturated/α-hetero) is 1. The molecule has 7 nitrogen and oxygen atoms in total. The van der Waals surface area contributed by atoms with Gasteiger partial charge in [0.1, 0.15) is 11.8 Å². The first-order chi connectivity index (χ1) is 7.01. The van der Waals surface area contributed by atoms with Gasteiger partial charge in [0, 0.05) is 6.54 Å². The van der Waals surface area contributed by atoms with E-state index in [4.69, 9.17) is 5.73 Å². The van der Waals surface area contributed by atoms with E-state index in [0.29, 0.717) is 0 Å². The molecule has 1 atom stereocenters. The molecule has 0 aromatic rings. The van der Waals surface area contributed by atoms with E-state index in [-0.39, 0.29) is 18.9 Å². The molecule has 2 amide bonds. The summed E-state index contributed by atoms with van der Waals surface area (Å²) in [5, 5.41) is 4.53. The van der Waals surface area contributed by atoms with Crippen LogP contribution in [0.4, 0.5) is 4.79 Å². The largest absolute Gasteiger partial charge is 0.467 e. The van der Waals surface area contributed by atoms with Crippen molar-refractivity contribution in [2.75, 3.05) is 20.2 Å². The fourth-order valence-corrected chi connectivity index (χ4v) is 0.770. The normalized spacial score (nSPS) is 11.4. The van der Waals surface area contributed by atoms with Crippen LogP contribution >= 0.6 is 0 Å². The number of ether oxygens (including phenoxy) is 1. The Morgan fingerprint density at radius 1 is 1.40 bits per heavy atom. The highest BCUT2D eigenvalue weighted by atomic mass is 16.5. The second-order valence-electron chi connectivity index (χ2n) is 2.84. The van der Waals surface area contributed by atoms with Gasteiger partial charge in [0.15, 0.2) is 0 Å². The summed E-state index contributed by atoms with van der Waals surface area (Å²) in [5.74, 6) is -0.817. The lowest BCUT2D eigenvalue weighted by Crippen LogP contribution is -2.50. The highest BCUT2D eigenvalue weighted by Crippen LogP contribution is 1.85. The van der Waals surface area contributed by atoms with Crippen LogP contribution in [0.2, 0.25) is 0 Å². The Hall–Kier alpha value is -1.63. The van der Waals surface area contributed by atoms with E-state index in [1.54, 1.807) is 0 Å². The molecule has 0 aliphatic carbocycles. The smallest absolute Gasteiger partial charge is 0.329 e. The number of hydrogen-bond acceptors (Lipinski definition) is 5. The number of hydrogen-bond donors (Lipinski definition) is 3. The molecule has 86 valence electrons. The molecule has 0 spiro atoms. The number of carbonyl (C=O) groups excluding carboxylic acids is 3. The van der Waals surface area contributed by atoms with E-state index in [1.807, 2.05) is 0 Å². The highest BCUT2D eigenvalue weighted by Gasteiger charge is 2.19. The van der Waals surface area contributed by atoms with Crippen molar-refractivity contribution in [2.45, 2.75) is 13.0 Å². The fourth-order valence-electron chi connectivity index (χ4n) is 0.770. The Labute approximate surface area is 87.3 Å². The summed E-state index contributed by atoms with van der Waals surface area (Å²) < 4.78 is 4.40. The maximum atomic E-state index is 11.1. The van der Waals surface area contributed by atoms with Gasteiger partial charge >= 0.3 is 12.0 Å². The molecule has 0 saturated carbocycles. The predicted molar refractivity (Wildman–Crippen MR) is 52.1 cm³/mol. The molecule has 0 aromatic heterocycles. The van der Waals surface area contributed by atoms with Crippen molar-refractivity contribution in [1.29, 1.82) is 0 Å². The Bertz CT molecular complexity index is 254. The minimum Gasteiger partial charge on any atom is -0.467 e. The first-order valence-electron chi connectivity index (χ1n) is 4.33. The zero-order valence-electron chi connectivity index (χ0n) is 8.70. The molecular formula is C8H15N3O4. The maximum Gasteiger partial charge on any atom is 0.329 e. The van der Waals surface area contributed by atoms with Crippen molar-refractivity contribution in [1.82, 2.24) is 10.6 Å². The summed E-state index contributed by atoms with van der Waals surface area (Å²) in [6, 6.07) is -1.53. The molecule has 0 aromatic carbocycles. The average Bonchev–Trinajstić information content (AvgIpc) is 2.21. The van der Waals surface area contributed by atoms with Gasteiger partial charge in [-0.3, -0.25) is 4.79 Å². The van der Waals surface area contributed by atoms with E-state index in [9.17, 15) is 14.4 Å². The minimum atomic E-state index is -0.901. The average molecular weight is 217 g/mol. The monoisotopic (exact) mass is 217 g/mol. The van der Waals surface area contributed by atoms with Crippen LogP contribution in [0.15, 0.2) is 0 Å². The standard InChI is InChI=1S/C8H15N3O4/c1-5(12)4-10-8(14)11-6(3-9)7(13)15-2/h6H,3-4,9H2,1-2H3,(H2,10,11,14). The molecule has 0 bridgehead atoms. The summed E-state index contributed by atoms with van der Waals surface area (Å²) in [6.45, 7) is 1.17. The summed E-state index contributed by atoms with van der Waals surface area (Å²) in [4.78, 5) is 32.6. The van der Waals surface area contributed by atoms with Crippen LogP contribution in [-0.2, 0) is 14.3 Å². The van der Waals surface area contributed by atoms with Gasteiger partial charge in [-0.2, -0.15) is 0 Å². The van der Waals surface area contributed by atoms with Crippen LogP contribution in [0.1, 0.15) is 6.92 Å². The second kappa shape index (κ2) is 6.77. The van der Waals surface area contributed by atoms with E-state index >= 15 is 0 Å². The number of nitrogens with two attached hydrogens (primary N) is 1. The number of ketones is 1. The third-order valence-corrected chi connectivity index (χ3v) is 1.52. The molecule has 1 unspecified atom stereocenters. The Morgan fingerprint density at radius 3 is 2.40 bits per heavy atom. The van der Waals surface area contributed by atoms with Gasteiger partial charge in [-0.05, 0) is 6.92 Å². The van der Waals surface area contributed by atoms with Crippen molar-refractivity contribution in [2.24, 2.45) is 5.73 Å². The molecule has 4 N–H and O–H groups in total. The molecule has 15 heavy (non-hydrogen) atoms. The number of nitrogens with one attached hydrogen (secondary N) is 2. The van der Waals surface area contributed by atoms with E-state index in [0.717, 1.165) is 0 Å². The summed E-state index contributed by atoms with van der Waals surface area (Å²) >= 11 is 0. The van der Waals surface area contributed by atoms with Crippen molar-refractivity contribution in [3.63, 3.8) is 0 Å². The molecular weight excluding hydrogens is 202 g/mol. The third-order valence-electron chi connectivity index (χ3n) is 1.52. The molecule has 0 radical (unpaired) electrons. The number of carbonyl (C=O) groups is 3. The van der Waals surface area contributed by atoms with Crippen molar-refractivity contribution in [3.05, 3.63) is 0 Å². The zero-order chi connectivity index (χ0) is 11.8. The van der Waals surface area contributed by atoms with Gasteiger partial charge in [0.25, 0.3) is 0 Å². The quantitative estimate of drug-likeness (QED) is 0.479. The number of rotatable bonds is 5.